The minimum atomic E-state index is -0.815. The number of allylic oxidation sites excluding steroid dienone is 2. The van der Waals surface area contributed by atoms with E-state index in [9.17, 15) is 19.5 Å². The van der Waals surface area contributed by atoms with Crippen molar-refractivity contribution in [2.75, 3.05) is 33.7 Å². The number of carbonyl (C=O) groups excluding carboxylic acids is 2. The van der Waals surface area contributed by atoms with Gasteiger partial charge in [0.1, 0.15) is 6.10 Å². The molecule has 0 aromatic carbocycles. The zero-order chi connectivity index (χ0) is 43.2. The Labute approximate surface area is 356 Å². The van der Waals surface area contributed by atoms with Crippen LogP contribution in [0.25, 0.3) is 0 Å². The molecule has 0 amide bonds. The highest BCUT2D eigenvalue weighted by Crippen LogP contribution is 2.77. The molecule has 9 nitrogen and oxygen atoms in total. The monoisotopic (exact) mass is 817 g/mol. The lowest BCUT2D eigenvalue weighted by Gasteiger charge is -2.72. The van der Waals surface area contributed by atoms with Gasteiger partial charge in [0, 0.05) is 42.6 Å². The normalized spacial score (nSPS) is 38.6. The summed E-state index contributed by atoms with van der Waals surface area (Å²) < 4.78 is 6.47. The molecule has 6 aliphatic carbocycles. The number of rotatable bonds is 13. The first-order valence-electron chi connectivity index (χ1n) is 23.5. The Morgan fingerprint density at radius 2 is 1.56 bits per heavy atom. The van der Waals surface area contributed by atoms with Crippen LogP contribution in [0.2, 0.25) is 0 Å². The van der Waals surface area contributed by atoms with Crippen molar-refractivity contribution >= 4 is 17.7 Å². The fraction of sp³-hybridized carbons (Fsp3) is 0.840. The highest BCUT2D eigenvalue weighted by atomic mass is 16.5. The van der Waals surface area contributed by atoms with E-state index in [-0.39, 0.29) is 51.0 Å². The van der Waals surface area contributed by atoms with E-state index in [0.29, 0.717) is 42.3 Å². The van der Waals surface area contributed by atoms with E-state index in [1.54, 1.807) is 5.57 Å². The third-order valence-electron chi connectivity index (χ3n) is 19.0. The van der Waals surface area contributed by atoms with Gasteiger partial charge in [0.05, 0.1) is 17.5 Å². The number of aliphatic carboxylic acids is 1. The summed E-state index contributed by atoms with van der Waals surface area (Å²) in [5.74, 6) is 0.570. The molecule has 2 N–H and O–H groups in total. The van der Waals surface area contributed by atoms with E-state index >= 15 is 0 Å². The second-order valence-electron chi connectivity index (χ2n) is 23.6. The molecule has 1 aromatic heterocycles. The molecule has 5 fully saturated rings. The molecule has 5 saturated carbocycles. The number of carboxylic acid groups (broad SMARTS) is 1. The molecule has 10 atom stereocenters. The van der Waals surface area contributed by atoms with E-state index in [1.807, 2.05) is 13.8 Å². The summed E-state index contributed by atoms with van der Waals surface area (Å²) >= 11 is 0. The minimum absolute atomic E-state index is 0.0674. The van der Waals surface area contributed by atoms with Gasteiger partial charge in [-0.05, 0) is 148 Å². The van der Waals surface area contributed by atoms with Crippen LogP contribution in [0, 0.1) is 68.0 Å². The van der Waals surface area contributed by atoms with Crippen molar-refractivity contribution in [1.82, 2.24) is 20.0 Å². The molecule has 1 heterocycles. The van der Waals surface area contributed by atoms with Crippen LogP contribution in [-0.4, -0.2) is 82.7 Å². The molecule has 0 spiro atoms. The van der Waals surface area contributed by atoms with Crippen LogP contribution in [0.3, 0.4) is 0 Å². The molecule has 0 saturated heterocycles. The second kappa shape index (κ2) is 15.4. The van der Waals surface area contributed by atoms with Crippen LogP contribution in [0.5, 0.6) is 0 Å². The van der Waals surface area contributed by atoms with E-state index in [4.69, 9.17) is 4.74 Å². The predicted octanol–water partition coefficient (Wildman–Crippen LogP) is 9.93. The van der Waals surface area contributed by atoms with Crippen LogP contribution >= 0.6 is 0 Å². The fourth-order valence-electron chi connectivity index (χ4n) is 15.2. The molecule has 0 bridgehead atoms. The van der Waals surface area contributed by atoms with E-state index in [0.717, 1.165) is 76.8 Å². The van der Waals surface area contributed by atoms with Crippen molar-refractivity contribution in [3.8, 4) is 0 Å². The second-order valence-corrected chi connectivity index (χ2v) is 23.6. The number of carboxylic acids is 1. The number of ketones is 1. The predicted molar refractivity (Wildman–Crippen MR) is 233 cm³/mol. The highest BCUT2D eigenvalue weighted by Gasteiger charge is 2.70. The van der Waals surface area contributed by atoms with Gasteiger partial charge in [0.15, 0.2) is 5.78 Å². The summed E-state index contributed by atoms with van der Waals surface area (Å²) in [6, 6.07) is 2.24. The number of aromatic amines is 1. The number of esters is 1. The van der Waals surface area contributed by atoms with E-state index in [2.05, 4.69) is 102 Å². The number of H-pyrrole nitrogens is 1. The number of likely N-dealkylation sites (N-methyl/N-ethyl adjacent to an activating group) is 1. The van der Waals surface area contributed by atoms with Gasteiger partial charge in [0.25, 0.3) is 0 Å². The number of aromatic nitrogens is 2. The minimum Gasteiger partial charge on any atom is -0.481 e. The van der Waals surface area contributed by atoms with Crippen molar-refractivity contribution in [3.05, 3.63) is 28.6 Å². The van der Waals surface area contributed by atoms with Gasteiger partial charge in [0.2, 0.25) is 0 Å². The lowest BCUT2D eigenvalue weighted by Crippen LogP contribution is -2.66. The summed E-state index contributed by atoms with van der Waals surface area (Å²) in [6.07, 6.45) is 10.7. The van der Waals surface area contributed by atoms with Gasteiger partial charge in [-0.1, -0.05) is 81.7 Å². The molecule has 0 aliphatic heterocycles. The van der Waals surface area contributed by atoms with Gasteiger partial charge in [-0.25, -0.2) is 0 Å². The first-order valence-corrected chi connectivity index (χ1v) is 23.5. The van der Waals surface area contributed by atoms with Gasteiger partial charge in [-0.15, -0.1) is 0 Å². The fourth-order valence-corrected chi connectivity index (χ4v) is 15.2. The van der Waals surface area contributed by atoms with Crippen molar-refractivity contribution in [1.29, 1.82) is 0 Å². The summed E-state index contributed by atoms with van der Waals surface area (Å²) in [5, 5.41) is 17.7. The van der Waals surface area contributed by atoms with Crippen LogP contribution in [-0.2, 0) is 25.7 Å². The first kappa shape index (κ1) is 44.5. The Bertz CT molecular complexity index is 1830. The number of ether oxygens (including phenoxy) is 1. The molecule has 9 heteroatoms. The number of hydrogen-bond donors (Lipinski definition) is 2. The molecular formula is C50H80N4O5. The van der Waals surface area contributed by atoms with Gasteiger partial charge in [-0.3, -0.25) is 24.4 Å². The lowest BCUT2D eigenvalue weighted by atomic mass is 9.33. The van der Waals surface area contributed by atoms with Crippen molar-refractivity contribution in [2.45, 2.75) is 165 Å². The molecular weight excluding hydrogens is 737 g/mol. The molecule has 1 aromatic rings. The Balaban J connectivity index is 1.13. The quantitative estimate of drug-likeness (QED) is 0.189. The zero-order valence-corrected chi connectivity index (χ0v) is 39.2. The Hall–Kier alpha value is -2.52. The number of carbonyl (C=O) groups is 3. The third kappa shape index (κ3) is 7.10. The Morgan fingerprint density at radius 3 is 2.17 bits per heavy atom. The average Bonchev–Trinajstić information content (AvgIpc) is 3.72. The molecule has 6 aliphatic rings. The summed E-state index contributed by atoms with van der Waals surface area (Å²) in [4.78, 5) is 44.8. The number of nitrogens with one attached hydrogen (secondary N) is 1. The standard InChI is InChI=1S/C50H80N4O5/c1-30(2)36-26-32(51-52-36)29-54(25-24-53(12)13)23-22-50-21-20-48(10)33(42(50)41(31(3)4)37(55)28-50)14-15-39-47(9)18-17-40(46(7,8)38(47)16-19-49(39,48)11)59-44(58)35-27-34(43(56)57)45(35,5)6/h26,30-31,33-35,38-40H,14-25,27-29H2,1-13H3,(H,51,52)(H,56,57)/t33-,34+,35-,38+,39-,40+,47+,48-,49-,50-/m1/s1. The highest BCUT2D eigenvalue weighted by molar-refractivity contribution is 6.00. The molecule has 0 radical (unpaired) electrons. The maximum Gasteiger partial charge on any atom is 0.309 e. The molecule has 330 valence electrons. The topological polar surface area (TPSA) is 116 Å². The van der Waals surface area contributed by atoms with Crippen LogP contribution in [0.1, 0.15) is 164 Å². The zero-order valence-electron chi connectivity index (χ0n) is 39.2. The first-order chi connectivity index (χ1) is 27.4. The van der Waals surface area contributed by atoms with Gasteiger partial charge < -0.3 is 14.7 Å². The van der Waals surface area contributed by atoms with Crippen LogP contribution in [0.15, 0.2) is 17.2 Å². The van der Waals surface area contributed by atoms with E-state index in [1.165, 1.54) is 24.1 Å². The maximum atomic E-state index is 14.4. The number of Topliss-reactive ketones (excluding diaryl/α,β-unsaturated/α-hetero) is 1. The van der Waals surface area contributed by atoms with Gasteiger partial charge in [-0.2, -0.15) is 5.10 Å². The SMILES string of the molecule is CC(C)C1=C2[C@H]3CC[C@@H]4[C@@]5(C)CC[C@H](OC(=O)[C@H]6C[C@@H](C(=O)O)C6(C)C)C(C)(C)[C@@H]5CC[C@@]4(C)[C@]3(C)CC[C@@]2(CCN(CCN(C)C)Cc2cc(C(C)C)n[nH]2)CC1=O. The number of fused-ring (bicyclic) bond motifs is 7. The average molecular weight is 817 g/mol. The largest absolute Gasteiger partial charge is 0.481 e. The summed E-state index contributed by atoms with van der Waals surface area (Å²) in [6.45, 7) is 29.1. The number of hydrogen-bond acceptors (Lipinski definition) is 7. The molecule has 7 rings (SSSR count). The molecule has 59 heavy (non-hydrogen) atoms. The third-order valence-corrected chi connectivity index (χ3v) is 19.0. The van der Waals surface area contributed by atoms with Crippen molar-refractivity contribution in [3.63, 3.8) is 0 Å². The maximum absolute atomic E-state index is 14.4. The van der Waals surface area contributed by atoms with Crippen molar-refractivity contribution in [2.24, 2.45) is 68.0 Å². The van der Waals surface area contributed by atoms with Crippen molar-refractivity contribution < 1.29 is 24.2 Å². The Morgan fingerprint density at radius 1 is 0.847 bits per heavy atom. The van der Waals surface area contributed by atoms with Crippen LogP contribution < -0.4 is 0 Å². The number of nitrogens with zero attached hydrogens (tertiary/aromatic N) is 3. The van der Waals surface area contributed by atoms with Gasteiger partial charge >= 0.3 is 11.9 Å². The van der Waals surface area contributed by atoms with Crippen LogP contribution in [0.4, 0.5) is 0 Å². The lowest BCUT2D eigenvalue weighted by molar-refractivity contribution is -0.236. The Kier molecular flexibility index (Phi) is 11.6. The summed E-state index contributed by atoms with van der Waals surface area (Å²) in [5.41, 5.74) is 4.55. The summed E-state index contributed by atoms with van der Waals surface area (Å²) in [7, 11) is 4.30. The molecule has 0 unspecified atom stereocenters. The van der Waals surface area contributed by atoms with E-state index < -0.39 is 17.3 Å². The smallest absolute Gasteiger partial charge is 0.309 e.